The Bertz CT molecular complexity index is 1110. The lowest BCUT2D eigenvalue weighted by Gasteiger charge is -2.32. The van der Waals surface area contributed by atoms with Gasteiger partial charge in [0.15, 0.2) is 5.78 Å². The summed E-state index contributed by atoms with van der Waals surface area (Å²) < 4.78 is 5.31. The van der Waals surface area contributed by atoms with Gasteiger partial charge in [0.2, 0.25) is 17.7 Å². The molecule has 1 saturated heterocycles. The van der Waals surface area contributed by atoms with Gasteiger partial charge in [0, 0.05) is 12.3 Å². The van der Waals surface area contributed by atoms with E-state index in [1.807, 2.05) is 0 Å². The van der Waals surface area contributed by atoms with Gasteiger partial charge in [-0.2, -0.15) is 0 Å². The van der Waals surface area contributed by atoms with Crippen molar-refractivity contribution in [2.24, 2.45) is 11.8 Å². The molecule has 0 bridgehead atoms. The first-order valence-corrected chi connectivity index (χ1v) is 13.9. The van der Waals surface area contributed by atoms with Gasteiger partial charge in [0.05, 0.1) is 24.6 Å². The third-order valence-corrected chi connectivity index (χ3v) is 7.90. The first-order chi connectivity index (χ1) is 19.0. The van der Waals surface area contributed by atoms with Crippen LogP contribution in [0.25, 0.3) is 0 Å². The highest BCUT2D eigenvalue weighted by Crippen LogP contribution is 2.35. The maximum Gasteiger partial charge on any atom is 0.338 e. The number of carbonyl (C=O) groups is 6. The van der Waals surface area contributed by atoms with Crippen LogP contribution in [-0.2, 0) is 28.7 Å². The van der Waals surface area contributed by atoms with Crippen LogP contribution in [0.1, 0.15) is 82.0 Å². The van der Waals surface area contributed by atoms with E-state index in [2.05, 4.69) is 16.0 Å². The van der Waals surface area contributed by atoms with Crippen molar-refractivity contribution in [2.75, 3.05) is 6.61 Å². The maximum atomic E-state index is 13.4. The van der Waals surface area contributed by atoms with Gasteiger partial charge in [-0.05, 0) is 63.5 Å². The smallest absolute Gasteiger partial charge is 0.338 e. The summed E-state index contributed by atoms with van der Waals surface area (Å²) in [5.41, 5.74) is -0.997. The normalized spacial score (nSPS) is 27.6. The number of ketones is 1. The minimum Gasteiger partial charge on any atom is -0.481 e. The number of unbranched alkanes of at least 4 members (excludes halogenated alkanes) is 1. The first-order valence-electron chi connectivity index (χ1n) is 13.9. The standard InChI is InChI=1S/C29H39N3O8/c1-3-29(2)28(39)31-22(17-24(34)35)23(33)16-19-12-9-13-20(19)25(36)30-21(26(37)32-29)14-7-8-15-40-27(38)18-10-5-4-6-11-18/h4-6,10-11,19-22H,3,7-9,12-17H2,1-2H3,(H,30,36)(H,31,39)(H,32,37)(H,34,35)/t19?,20-,21-,22-,29-/m0/s1. The van der Waals surface area contributed by atoms with Crippen molar-refractivity contribution >= 4 is 35.4 Å². The molecule has 0 radical (unpaired) electrons. The maximum absolute atomic E-state index is 13.4. The van der Waals surface area contributed by atoms with Crippen LogP contribution in [0.4, 0.5) is 0 Å². The molecule has 5 atom stereocenters. The zero-order chi connectivity index (χ0) is 29.3. The predicted molar refractivity (Wildman–Crippen MR) is 144 cm³/mol. The van der Waals surface area contributed by atoms with E-state index >= 15 is 0 Å². The number of carboxylic acid groups (broad SMARTS) is 1. The van der Waals surface area contributed by atoms with Gasteiger partial charge in [0.25, 0.3) is 0 Å². The molecule has 218 valence electrons. The average Bonchev–Trinajstić information content (AvgIpc) is 3.39. The van der Waals surface area contributed by atoms with Crippen molar-refractivity contribution < 1.29 is 38.6 Å². The fourth-order valence-electron chi connectivity index (χ4n) is 5.25. The molecule has 1 heterocycles. The number of ether oxygens (including phenoxy) is 1. The van der Waals surface area contributed by atoms with Crippen molar-refractivity contribution in [1.82, 2.24) is 16.0 Å². The van der Waals surface area contributed by atoms with Crippen molar-refractivity contribution in [3.63, 3.8) is 0 Å². The molecule has 1 unspecified atom stereocenters. The molecule has 2 aliphatic rings. The Labute approximate surface area is 233 Å². The highest BCUT2D eigenvalue weighted by atomic mass is 16.5. The number of fused-ring (bicyclic) bond motifs is 1. The summed E-state index contributed by atoms with van der Waals surface area (Å²) in [4.78, 5) is 76.6. The Kier molecular flexibility index (Phi) is 10.8. The second-order valence-electron chi connectivity index (χ2n) is 10.8. The Morgan fingerprint density at radius 3 is 2.40 bits per heavy atom. The Balaban J connectivity index is 1.73. The minimum atomic E-state index is -1.44. The summed E-state index contributed by atoms with van der Waals surface area (Å²) in [6.07, 6.45) is 2.62. The SMILES string of the molecule is CC[C@]1(C)NC(=O)[C@H](CCCCOC(=O)c2ccccc2)NC(=O)[C@H]2CCCC2CC(=O)[C@H](CC(=O)O)NC1=O. The number of hydrogen-bond acceptors (Lipinski definition) is 7. The number of esters is 1. The van der Waals surface area contributed by atoms with Crippen LogP contribution in [0.3, 0.4) is 0 Å². The Morgan fingerprint density at radius 1 is 1.00 bits per heavy atom. The third-order valence-electron chi connectivity index (χ3n) is 7.90. The van der Waals surface area contributed by atoms with Crippen LogP contribution in [0.2, 0.25) is 0 Å². The van der Waals surface area contributed by atoms with E-state index in [0.29, 0.717) is 31.2 Å². The van der Waals surface area contributed by atoms with E-state index in [0.717, 1.165) is 6.42 Å². The molecule has 1 aliphatic carbocycles. The van der Waals surface area contributed by atoms with E-state index in [4.69, 9.17) is 4.74 Å². The summed E-state index contributed by atoms with van der Waals surface area (Å²) in [5, 5.41) is 17.5. The summed E-state index contributed by atoms with van der Waals surface area (Å²) in [6.45, 7) is 3.33. The third kappa shape index (κ3) is 8.12. The number of nitrogens with one attached hydrogen (secondary N) is 3. The van der Waals surface area contributed by atoms with E-state index in [1.165, 1.54) is 6.92 Å². The lowest BCUT2D eigenvalue weighted by molar-refractivity contribution is -0.141. The van der Waals surface area contributed by atoms with Crippen LogP contribution in [-0.4, -0.2) is 64.8 Å². The molecule has 11 nitrogen and oxygen atoms in total. The number of carbonyl (C=O) groups excluding carboxylic acids is 5. The summed E-state index contributed by atoms with van der Waals surface area (Å²) >= 11 is 0. The van der Waals surface area contributed by atoms with E-state index < -0.39 is 59.5 Å². The molecule has 0 aromatic heterocycles. The second-order valence-corrected chi connectivity index (χ2v) is 10.8. The zero-order valence-electron chi connectivity index (χ0n) is 23.1. The second kappa shape index (κ2) is 14.0. The quantitative estimate of drug-likeness (QED) is 0.264. The lowest BCUT2D eigenvalue weighted by Crippen LogP contribution is -2.62. The van der Waals surface area contributed by atoms with Crippen LogP contribution < -0.4 is 16.0 Å². The molecule has 1 saturated carbocycles. The van der Waals surface area contributed by atoms with Crippen molar-refractivity contribution in [3.05, 3.63) is 35.9 Å². The van der Waals surface area contributed by atoms with Gasteiger partial charge in [-0.1, -0.05) is 31.5 Å². The van der Waals surface area contributed by atoms with E-state index in [1.54, 1.807) is 37.3 Å². The fraction of sp³-hybridized carbons (Fsp3) is 0.586. The number of rotatable bonds is 9. The monoisotopic (exact) mass is 557 g/mol. The minimum absolute atomic E-state index is 0.0298. The van der Waals surface area contributed by atoms with E-state index in [-0.39, 0.29) is 37.7 Å². The number of Topliss-reactive ketones (excluding diaryl/α,β-unsaturated/α-hetero) is 1. The zero-order valence-corrected chi connectivity index (χ0v) is 23.1. The molecule has 11 heteroatoms. The molecule has 3 rings (SSSR count). The van der Waals surface area contributed by atoms with Crippen molar-refractivity contribution in [2.45, 2.75) is 89.3 Å². The van der Waals surface area contributed by atoms with Crippen LogP contribution >= 0.6 is 0 Å². The van der Waals surface area contributed by atoms with Crippen LogP contribution in [0, 0.1) is 11.8 Å². The molecule has 3 amide bonds. The van der Waals surface area contributed by atoms with Crippen molar-refractivity contribution in [1.29, 1.82) is 0 Å². The summed E-state index contributed by atoms with van der Waals surface area (Å²) in [6, 6.07) is 6.40. The number of hydrogen-bond donors (Lipinski definition) is 4. The van der Waals surface area contributed by atoms with Crippen LogP contribution in [0.15, 0.2) is 30.3 Å². The molecular weight excluding hydrogens is 518 g/mol. The highest BCUT2D eigenvalue weighted by molar-refractivity contribution is 5.98. The topological polar surface area (TPSA) is 168 Å². The van der Waals surface area contributed by atoms with Gasteiger partial charge in [-0.25, -0.2) is 4.79 Å². The van der Waals surface area contributed by atoms with Gasteiger partial charge in [-0.15, -0.1) is 0 Å². The number of aliphatic carboxylic acids is 1. The van der Waals surface area contributed by atoms with Crippen LogP contribution in [0.5, 0.6) is 0 Å². The number of amides is 3. The van der Waals surface area contributed by atoms with Gasteiger partial charge < -0.3 is 25.8 Å². The van der Waals surface area contributed by atoms with Gasteiger partial charge in [0.1, 0.15) is 11.6 Å². The van der Waals surface area contributed by atoms with Crippen molar-refractivity contribution in [3.8, 4) is 0 Å². The van der Waals surface area contributed by atoms with Gasteiger partial charge >= 0.3 is 11.9 Å². The number of benzene rings is 1. The molecular formula is C29H39N3O8. The summed E-state index contributed by atoms with van der Waals surface area (Å²) in [5.74, 6) is -4.47. The lowest BCUT2D eigenvalue weighted by atomic mass is 9.87. The Hall–Kier alpha value is -3.76. The molecule has 1 aromatic carbocycles. The first kappa shape index (κ1) is 30.8. The Morgan fingerprint density at radius 2 is 1.73 bits per heavy atom. The molecule has 0 spiro atoms. The molecule has 1 aliphatic heterocycles. The molecule has 2 fully saturated rings. The average molecular weight is 558 g/mol. The van der Waals surface area contributed by atoms with E-state index in [9.17, 15) is 33.9 Å². The fourth-order valence-corrected chi connectivity index (χ4v) is 5.25. The highest BCUT2D eigenvalue weighted by Gasteiger charge is 2.41. The summed E-state index contributed by atoms with van der Waals surface area (Å²) in [7, 11) is 0. The molecule has 4 N–H and O–H groups in total. The largest absolute Gasteiger partial charge is 0.481 e. The molecule has 40 heavy (non-hydrogen) atoms. The number of carboxylic acids is 1. The van der Waals surface area contributed by atoms with Gasteiger partial charge in [-0.3, -0.25) is 24.0 Å². The molecule has 1 aromatic rings. The predicted octanol–water partition coefficient (Wildman–Crippen LogP) is 2.13.